The largest absolute Gasteiger partial charge is 0.459 e. The van der Waals surface area contributed by atoms with E-state index in [-0.39, 0.29) is 11.5 Å². The fourth-order valence-electron chi connectivity index (χ4n) is 2.16. The zero-order valence-electron chi connectivity index (χ0n) is 15.1. The number of hydrogen-bond acceptors (Lipinski definition) is 6. The predicted octanol–water partition coefficient (Wildman–Crippen LogP) is 1.00. The molecule has 146 valence electrons. The van der Waals surface area contributed by atoms with Crippen LogP contribution >= 0.6 is 0 Å². The first kappa shape index (κ1) is 21.1. The molecule has 0 heterocycles. The highest BCUT2D eigenvalue weighted by atomic mass is 32.2. The van der Waals surface area contributed by atoms with Gasteiger partial charge in [0.15, 0.2) is 0 Å². The second-order valence-electron chi connectivity index (χ2n) is 5.84. The number of ether oxygens (including phenoxy) is 1. The van der Waals surface area contributed by atoms with Crippen LogP contribution in [-0.4, -0.2) is 33.4 Å². The number of amides is 1. The molecule has 2 aromatic rings. The normalized spacial score (nSPS) is 10.7. The second kappa shape index (κ2) is 9.64. The monoisotopic (exact) mass is 401 g/mol. The van der Waals surface area contributed by atoms with Crippen LogP contribution in [0.4, 0.5) is 0 Å². The van der Waals surface area contributed by atoms with Crippen molar-refractivity contribution in [3.63, 3.8) is 0 Å². The number of aryl methyl sites for hydroxylation is 1. The van der Waals surface area contributed by atoms with Gasteiger partial charge in [0.05, 0.1) is 23.1 Å². The van der Waals surface area contributed by atoms with E-state index in [4.69, 9.17) is 10.00 Å². The van der Waals surface area contributed by atoms with E-state index in [1.165, 1.54) is 12.1 Å². The average molecular weight is 401 g/mol. The van der Waals surface area contributed by atoms with Crippen molar-refractivity contribution >= 4 is 21.9 Å². The summed E-state index contributed by atoms with van der Waals surface area (Å²) in [6.45, 7) is 0.800. The lowest BCUT2D eigenvalue weighted by Gasteiger charge is -2.09. The zero-order chi connectivity index (χ0) is 20.6. The molecule has 28 heavy (non-hydrogen) atoms. The Kier molecular flexibility index (Phi) is 7.26. The molecule has 0 saturated heterocycles. The van der Waals surface area contributed by atoms with Gasteiger partial charge >= 0.3 is 5.97 Å². The molecule has 0 unspecified atom stereocenters. The lowest BCUT2D eigenvalue weighted by Crippen LogP contribution is -2.39. The molecule has 1 amide bonds. The molecule has 2 aromatic carbocycles. The molecule has 0 bridgehead atoms. The third-order valence-corrected chi connectivity index (χ3v) is 5.13. The first-order valence-electron chi connectivity index (χ1n) is 8.28. The lowest BCUT2D eigenvalue weighted by molar-refractivity contribution is -0.145. The summed E-state index contributed by atoms with van der Waals surface area (Å²) in [7, 11) is -3.82. The van der Waals surface area contributed by atoms with Crippen LogP contribution in [-0.2, 0) is 31.0 Å². The van der Waals surface area contributed by atoms with Crippen molar-refractivity contribution < 1.29 is 22.7 Å². The number of benzene rings is 2. The van der Waals surface area contributed by atoms with E-state index in [1.54, 1.807) is 36.4 Å². The summed E-state index contributed by atoms with van der Waals surface area (Å²) in [6.07, 6.45) is 0. The van der Waals surface area contributed by atoms with Crippen LogP contribution in [0.15, 0.2) is 53.4 Å². The van der Waals surface area contributed by atoms with Crippen LogP contribution in [0.3, 0.4) is 0 Å². The van der Waals surface area contributed by atoms with Gasteiger partial charge in [-0.3, -0.25) is 9.59 Å². The molecule has 0 atom stereocenters. The molecule has 0 aromatic heterocycles. The van der Waals surface area contributed by atoms with Crippen LogP contribution in [0, 0.1) is 18.3 Å². The van der Waals surface area contributed by atoms with Gasteiger partial charge < -0.3 is 10.1 Å². The number of esters is 1. The zero-order valence-corrected chi connectivity index (χ0v) is 16.0. The first-order valence-corrected chi connectivity index (χ1v) is 9.77. The number of sulfonamides is 1. The molecule has 0 aliphatic heterocycles. The molecule has 0 fully saturated rings. The van der Waals surface area contributed by atoms with E-state index < -0.39 is 35.0 Å². The van der Waals surface area contributed by atoms with Crippen LogP contribution in [0.25, 0.3) is 0 Å². The van der Waals surface area contributed by atoms with Gasteiger partial charge in [-0.25, -0.2) is 13.1 Å². The van der Waals surface area contributed by atoms with E-state index in [9.17, 15) is 18.0 Å². The molecule has 9 heteroatoms. The number of nitrogens with zero attached hydrogens (tertiary/aromatic N) is 1. The number of nitriles is 1. The van der Waals surface area contributed by atoms with Crippen molar-refractivity contribution in [2.24, 2.45) is 0 Å². The maximum atomic E-state index is 12.1. The Morgan fingerprint density at radius 3 is 2.43 bits per heavy atom. The Morgan fingerprint density at radius 2 is 1.75 bits per heavy atom. The SMILES string of the molecule is Cc1ccc(S(=O)(=O)NCC(=O)NCC(=O)OCc2ccccc2C#N)cc1. The number of nitrogens with one attached hydrogen (secondary N) is 2. The van der Waals surface area contributed by atoms with Gasteiger partial charge in [0.2, 0.25) is 15.9 Å². The lowest BCUT2D eigenvalue weighted by atomic mass is 10.1. The minimum atomic E-state index is -3.82. The molecule has 0 aliphatic rings. The summed E-state index contributed by atoms with van der Waals surface area (Å²) < 4.78 is 31.4. The predicted molar refractivity (Wildman–Crippen MR) is 100 cm³/mol. The minimum Gasteiger partial charge on any atom is -0.459 e. The summed E-state index contributed by atoms with van der Waals surface area (Å²) in [5.74, 6) is -1.38. The number of hydrogen-bond donors (Lipinski definition) is 2. The highest BCUT2D eigenvalue weighted by Gasteiger charge is 2.16. The number of carbonyl (C=O) groups excluding carboxylic acids is 2. The van der Waals surface area contributed by atoms with E-state index in [1.807, 2.05) is 13.0 Å². The van der Waals surface area contributed by atoms with Crippen molar-refractivity contribution in [3.8, 4) is 6.07 Å². The molecule has 2 N–H and O–H groups in total. The van der Waals surface area contributed by atoms with E-state index in [0.717, 1.165) is 5.56 Å². The van der Waals surface area contributed by atoms with E-state index in [0.29, 0.717) is 11.1 Å². The summed E-state index contributed by atoms with van der Waals surface area (Å²) >= 11 is 0. The maximum Gasteiger partial charge on any atom is 0.325 e. The summed E-state index contributed by atoms with van der Waals surface area (Å²) in [5.41, 5.74) is 1.85. The van der Waals surface area contributed by atoms with Gasteiger partial charge in [0.1, 0.15) is 13.2 Å². The molecule has 0 radical (unpaired) electrons. The van der Waals surface area contributed by atoms with Gasteiger partial charge in [0.25, 0.3) is 0 Å². The third-order valence-electron chi connectivity index (χ3n) is 3.71. The molecule has 2 rings (SSSR count). The standard InChI is InChI=1S/C19H19N3O5S/c1-14-6-8-17(9-7-14)28(25,26)22-11-18(23)21-12-19(24)27-13-16-5-3-2-4-15(16)10-20/h2-9,22H,11-13H2,1H3,(H,21,23). The Morgan fingerprint density at radius 1 is 1.07 bits per heavy atom. The molecular formula is C19H19N3O5S. The van der Waals surface area contributed by atoms with E-state index >= 15 is 0 Å². The number of rotatable bonds is 8. The Hall–Kier alpha value is -3.22. The summed E-state index contributed by atoms with van der Waals surface area (Å²) in [5, 5.41) is 11.3. The van der Waals surface area contributed by atoms with Gasteiger partial charge in [-0.05, 0) is 25.1 Å². The van der Waals surface area contributed by atoms with Crippen LogP contribution in [0.1, 0.15) is 16.7 Å². The van der Waals surface area contributed by atoms with Gasteiger partial charge in [-0.1, -0.05) is 35.9 Å². The van der Waals surface area contributed by atoms with Crippen molar-refractivity contribution in [2.75, 3.05) is 13.1 Å². The van der Waals surface area contributed by atoms with Crippen molar-refractivity contribution in [1.82, 2.24) is 10.0 Å². The van der Waals surface area contributed by atoms with Crippen LogP contribution in [0.5, 0.6) is 0 Å². The van der Waals surface area contributed by atoms with E-state index in [2.05, 4.69) is 10.0 Å². The molecule has 0 aliphatic carbocycles. The second-order valence-corrected chi connectivity index (χ2v) is 7.61. The molecular weight excluding hydrogens is 382 g/mol. The van der Waals surface area contributed by atoms with Crippen molar-refractivity contribution in [2.45, 2.75) is 18.4 Å². The van der Waals surface area contributed by atoms with Gasteiger partial charge in [-0.2, -0.15) is 5.26 Å². The topological polar surface area (TPSA) is 125 Å². The highest BCUT2D eigenvalue weighted by Crippen LogP contribution is 2.10. The van der Waals surface area contributed by atoms with Gasteiger partial charge in [-0.15, -0.1) is 0 Å². The fourth-order valence-corrected chi connectivity index (χ4v) is 3.14. The Balaban J connectivity index is 1.76. The Labute approximate surface area is 163 Å². The summed E-state index contributed by atoms with van der Waals surface area (Å²) in [6, 6.07) is 14.8. The summed E-state index contributed by atoms with van der Waals surface area (Å²) in [4.78, 5) is 23.5. The smallest absolute Gasteiger partial charge is 0.325 e. The molecule has 8 nitrogen and oxygen atoms in total. The first-order chi connectivity index (χ1) is 13.3. The quantitative estimate of drug-likeness (QED) is 0.636. The van der Waals surface area contributed by atoms with Gasteiger partial charge in [0, 0.05) is 5.56 Å². The Bertz CT molecular complexity index is 995. The number of carbonyl (C=O) groups is 2. The van der Waals surface area contributed by atoms with Crippen LogP contribution in [0.2, 0.25) is 0 Å². The van der Waals surface area contributed by atoms with Crippen molar-refractivity contribution in [1.29, 1.82) is 5.26 Å². The molecule has 0 saturated carbocycles. The fraction of sp³-hybridized carbons (Fsp3) is 0.211. The average Bonchev–Trinajstić information content (AvgIpc) is 2.69. The third kappa shape index (κ3) is 6.19. The maximum absolute atomic E-state index is 12.1. The minimum absolute atomic E-state index is 0.0430. The molecule has 0 spiro atoms. The van der Waals surface area contributed by atoms with Crippen LogP contribution < -0.4 is 10.0 Å². The van der Waals surface area contributed by atoms with Crippen molar-refractivity contribution in [3.05, 3.63) is 65.2 Å². The highest BCUT2D eigenvalue weighted by molar-refractivity contribution is 7.89.